The lowest BCUT2D eigenvalue weighted by atomic mass is 10.1. The average molecular weight is 184 g/mol. The summed E-state index contributed by atoms with van der Waals surface area (Å²) in [5, 5.41) is 0. The number of ether oxygens (including phenoxy) is 1. The van der Waals surface area contributed by atoms with E-state index >= 15 is 0 Å². The summed E-state index contributed by atoms with van der Waals surface area (Å²) in [5.41, 5.74) is 5.89. The van der Waals surface area contributed by atoms with Gasteiger partial charge in [-0.15, -0.1) is 0 Å². The normalized spacial score (nSPS) is 25.6. The van der Waals surface area contributed by atoms with E-state index in [9.17, 15) is 4.79 Å². The van der Waals surface area contributed by atoms with Gasteiger partial charge in [0, 0.05) is 18.5 Å². The van der Waals surface area contributed by atoms with E-state index in [4.69, 9.17) is 10.5 Å². The van der Waals surface area contributed by atoms with Crippen LogP contribution >= 0.6 is 0 Å². The number of carbonyl (C=O) groups excluding carboxylic acids is 1. The Kier molecular flexibility index (Phi) is 2.15. The first-order chi connectivity index (χ1) is 6.26. The molecule has 0 spiro atoms. The molecule has 0 aromatic rings. The average Bonchev–Trinajstić information content (AvgIpc) is 2.90. The van der Waals surface area contributed by atoms with Gasteiger partial charge in [-0.25, -0.2) is 4.79 Å². The number of cyclic esters (lactones) is 1. The van der Waals surface area contributed by atoms with Gasteiger partial charge < -0.3 is 15.4 Å². The van der Waals surface area contributed by atoms with E-state index in [2.05, 4.69) is 0 Å². The molecule has 2 fully saturated rings. The molecule has 1 aliphatic carbocycles. The molecule has 0 radical (unpaired) electrons. The van der Waals surface area contributed by atoms with Crippen LogP contribution in [0.4, 0.5) is 4.79 Å². The molecule has 2 aliphatic rings. The highest BCUT2D eigenvalue weighted by molar-refractivity contribution is 5.68. The van der Waals surface area contributed by atoms with Crippen molar-refractivity contribution in [2.75, 3.05) is 26.2 Å². The molecule has 2 N–H and O–H groups in total. The van der Waals surface area contributed by atoms with Crippen LogP contribution < -0.4 is 5.73 Å². The monoisotopic (exact) mass is 184 g/mol. The molecule has 1 amide bonds. The molecule has 1 heterocycles. The zero-order chi connectivity index (χ0) is 9.31. The van der Waals surface area contributed by atoms with E-state index < -0.39 is 0 Å². The minimum absolute atomic E-state index is 0.161. The predicted octanol–water partition coefficient (Wildman–Crippen LogP) is 0.568. The van der Waals surface area contributed by atoms with Crippen molar-refractivity contribution in [1.82, 2.24) is 4.90 Å². The fraction of sp³-hybridized carbons (Fsp3) is 0.889. The minimum Gasteiger partial charge on any atom is -0.449 e. The third-order valence-corrected chi connectivity index (χ3v) is 2.97. The van der Waals surface area contributed by atoms with Crippen molar-refractivity contribution >= 4 is 6.09 Å². The molecular formula is C9H16N2O2. The lowest BCUT2D eigenvalue weighted by Crippen LogP contribution is -2.42. The van der Waals surface area contributed by atoms with Crippen molar-refractivity contribution in [1.29, 1.82) is 0 Å². The van der Waals surface area contributed by atoms with Crippen LogP contribution in [0.5, 0.6) is 0 Å². The fourth-order valence-corrected chi connectivity index (χ4v) is 1.75. The lowest BCUT2D eigenvalue weighted by Gasteiger charge is -2.29. The standard InChI is InChI=1S/C9H16N2O2/c10-6-9(2-3-9)7-11-4-1-5-13-8(11)12/h1-7,10H2. The maximum absolute atomic E-state index is 11.3. The number of rotatable bonds is 3. The Bertz CT molecular complexity index is 214. The number of nitrogens with zero attached hydrogens (tertiary/aromatic N) is 1. The van der Waals surface area contributed by atoms with Gasteiger partial charge in [0.15, 0.2) is 0 Å². The van der Waals surface area contributed by atoms with Gasteiger partial charge in [0.1, 0.15) is 0 Å². The molecule has 0 bridgehead atoms. The van der Waals surface area contributed by atoms with Crippen LogP contribution in [-0.2, 0) is 4.74 Å². The van der Waals surface area contributed by atoms with Gasteiger partial charge in [-0.1, -0.05) is 0 Å². The molecule has 13 heavy (non-hydrogen) atoms. The first kappa shape index (κ1) is 8.81. The highest BCUT2D eigenvalue weighted by atomic mass is 16.6. The van der Waals surface area contributed by atoms with E-state index in [0.29, 0.717) is 13.2 Å². The van der Waals surface area contributed by atoms with Gasteiger partial charge in [0.25, 0.3) is 0 Å². The molecule has 4 nitrogen and oxygen atoms in total. The molecule has 74 valence electrons. The predicted molar refractivity (Wildman–Crippen MR) is 48.3 cm³/mol. The molecular weight excluding hydrogens is 168 g/mol. The van der Waals surface area contributed by atoms with Gasteiger partial charge in [-0.2, -0.15) is 0 Å². The van der Waals surface area contributed by atoms with Gasteiger partial charge >= 0.3 is 6.09 Å². The summed E-state index contributed by atoms with van der Waals surface area (Å²) in [7, 11) is 0. The van der Waals surface area contributed by atoms with Crippen molar-refractivity contribution in [3.8, 4) is 0 Å². The third kappa shape index (κ3) is 1.77. The number of carbonyl (C=O) groups is 1. The third-order valence-electron chi connectivity index (χ3n) is 2.97. The van der Waals surface area contributed by atoms with Crippen LogP contribution in [0.1, 0.15) is 19.3 Å². The molecule has 0 aromatic carbocycles. The smallest absolute Gasteiger partial charge is 0.409 e. The summed E-state index contributed by atoms with van der Waals surface area (Å²) in [6.45, 7) is 2.89. The SMILES string of the molecule is NCC1(CN2CCCOC2=O)CC1. The molecule has 1 aliphatic heterocycles. The second kappa shape index (κ2) is 3.18. The summed E-state index contributed by atoms with van der Waals surface area (Å²) in [5.74, 6) is 0. The maximum atomic E-state index is 11.3. The van der Waals surface area contributed by atoms with Crippen LogP contribution in [0.15, 0.2) is 0 Å². The molecule has 2 rings (SSSR count). The second-order valence-electron chi connectivity index (χ2n) is 4.09. The van der Waals surface area contributed by atoms with E-state index in [1.54, 1.807) is 4.90 Å². The topological polar surface area (TPSA) is 55.6 Å². The van der Waals surface area contributed by atoms with Crippen LogP contribution in [0.25, 0.3) is 0 Å². The number of nitrogens with two attached hydrogens (primary N) is 1. The van der Waals surface area contributed by atoms with Gasteiger partial charge in [-0.3, -0.25) is 0 Å². The van der Waals surface area contributed by atoms with E-state index in [1.807, 2.05) is 0 Å². The van der Waals surface area contributed by atoms with E-state index in [0.717, 1.165) is 32.4 Å². The van der Waals surface area contributed by atoms with Crippen molar-refractivity contribution in [2.24, 2.45) is 11.1 Å². The van der Waals surface area contributed by atoms with E-state index in [1.165, 1.54) is 0 Å². The molecule has 4 heteroatoms. The minimum atomic E-state index is -0.161. The number of hydrogen-bond acceptors (Lipinski definition) is 3. The van der Waals surface area contributed by atoms with Gasteiger partial charge in [0.05, 0.1) is 6.61 Å². The largest absolute Gasteiger partial charge is 0.449 e. The van der Waals surface area contributed by atoms with Crippen molar-refractivity contribution in [3.05, 3.63) is 0 Å². The number of amides is 1. The highest BCUT2D eigenvalue weighted by Gasteiger charge is 2.44. The van der Waals surface area contributed by atoms with Crippen LogP contribution in [-0.4, -0.2) is 37.2 Å². The highest BCUT2D eigenvalue weighted by Crippen LogP contribution is 2.45. The summed E-state index contributed by atoms with van der Waals surface area (Å²) in [6.07, 6.45) is 3.11. The first-order valence-corrected chi connectivity index (χ1v) is 4.88. The Balaban J connectivity index is 1.89. The first-order valence-electron chi connectivity index (χ1n) is 4.88. The molecule has 1 saturated carbocycles. The zero-order valence-electron chi connectivity index (χ0n) is 7.79. The Hall–Kier alpha value is -0.770. The number of hydrogen-bond donors (Lipinski definition) is 1. The maximum Gasteiger partial charge on any atom is 0.409 e. The van der Waals surface area contributed by atoms with Crippen LogP contribution in [0.3, 0.4) is 0 Å². The van der Waals surface area contributed by atoms with Gasteiger partial charge in [0.2, 0.25) is 0 Å². The molecule has 0 aromatic heterocycles. The summed E-state index contributed by atoms with van der Waals surface area (Å²) in [6, 6.07) is 0. The second-order valence-corrected chi connectivity index (χ2v) is 4.09. The summed E-state index contributed by atoms with van der Waals surface area (Å²) >= 11 is 0. The van der Waals surface area contributed by atoms with Crippen molar-refractivity contribution in [3.63, 3.8) is 0 Å². The summed E-state index contributed by atoms with van der Waals surface area (Å²) in [4.78, 5) is 13.1. The van der Waals surface area contributed by atoms with Gasteiger partial charge in [-0.05, 0) is 25.8 Å². The van der Waals surface area contributed by atoms with Crippen molar-refractivity contribution < 1.29 is 9.53 Å². The quantitative estimate of drug-likeness (QED) is 0.697. The van der Waals surface area contributed by atoms with Crippen molar-refractivity contribution in [2.45, 2.75) is 19.3 Å². The van der Waals surface area contributed by atoms with E-state index in [-0.39, 0.29) is 11.5 Å². The van der Waals surface area contributed by atoms with Crippen LogP contribution in [0.2, 0.25) is 0 Å². The summed E-state index contributed by atoms with van der Waals surface area (Å²) < 4.78 is 4.95. The Morgan fingerprint density at radius 2 is 2.31 bits per heavy atom. The lowest BCUT2D eigenvalue weighted by molar-refractivity contribution is 0.0650. The van der Waals surface area contributed by atoms with Crippen LogP contribution in [0, 0.1) is 5.41 Å². The fourth-order valence-electron chi connectivity index (χ4n) is 1.75. The molecule has 0 atom stereocenters. The Morgan fingerprint density at radius 1 is 1.54 bits per heavy atom. The Morgan fingerprint density at radius 3 is 2.85 bits per heavy atom. The molecule has 1 saturated heterocycles. The zero-order valence-corrected chi connectivity index (χ0v) is 7.79. The Labute approximate surface area is 78.0 Å². The molecule has 0 unspecified atom stereocenters.